The number of nitrogens with zero attached hydrogens (tertiary/aromatic N) is 2. The Morgan fingerprint density at radius 1 is 1.22 bits per heavy atom. The van der Waals surface area contributed by atoms with Crippen molar-refractivity contribution in [3.8, 4) is 0 Å². The molecule has 222 valence electrons. The summed E-state index contributed by atoms with van der Waals surface area (Å²) in [5.74, 6) is -0.112. The summed E-state index contributed by atoms with van der Waals surface area (Å²) in [5.41, 5.74) is 1.20. The molecule has 8 nitrogen and oxygen atoms in total. The summed E-state index contributed by atoms with van der Waals surface area (Å²) in [6, 6.07) is 14.7. The molecule has 0 aromatic heterocycles. The third-order valence-electron chi connectivity index (χ3n) is 8.27. The van der Waals surface area contributed by atoms with Gasteiger partial charge in [-0.05, 0) is 65.6 Å². The molecule has 2 saturated heterocycles. The van der Waals surface area contributed by atoms with Gasteiger partial charge < -0.3 is 25.5 Å². The lowest BCUT2D eigenvalue weighted by molar-refractivity contribution is -0.137. The van der Waals surface area contributed by atoms with E-state index < -0.39 is 17.7 Å². The number of nitrogens with one attached hydrogen (secondary N) is 2. The van der Waals surface area contributed by atoms with Gasteiger partial charge in [-0.2, -0.15) is 0 Å². The van der Waals surface area contributed by atoms with Crippen LogP contribution in [0.25, 0.3) is 0 Å². The topological polar surface area (TPSA) is 102 Å². The molecule has 2 aromatic carbocycles. The molecule has 0 aliphatic carbocycles. The van der Waals surface area contributed by atoms with Crippen LogP contribution in [0.2, 0.25) is 5.02 Å². The largest absolute Gasteiger partial charge is 0.373 e. The molecule has 0 saturated carbocycles. The number of halogens is 2. The SMILES string of the molecule is CC[C@H](CN1CC[C@@H](CNC(=O)c2ccc(Cl)c(I)c2)N[C@@H](CCN2C(=O)CC(C)(C)C2O)C1=O)c1ccccc1. The number of benzene rings is 2. The minimum Gasteiger partial charge on any atom is -0.373 e. The smallest absolute Gasteiger partial charge is 0.251 e. The van der Waals surface area contributed by atoms with E-state index in [9.17, 15) is 19.5 Å². The fraction of sp³-hybridized carbons (Fsp3) is 0.516. The number of carbonyl (C=O) groups is 3. The third-order valence-corrected chi connectivity index (χ3v) is 9.81. The molecule has 2 fully saturated rings. The summed E-state index contributed by atoms with van der Waals surface area (Å²) in [4.78, 5) is 42.8. The molecular formula is C31H40ClIN4O4. The molecule has 41 heavy (non-hydrogen) atoms. The number of aliphatic hydroxyl groups is 1. The fourth-order valence-electron chi connectivity index (χ4n) is 5.70. The summed E-state index contributed by atoms with van der Waals surface area (Å²) in [5, 5.41) is 17.8. The van der Waals surface area contributed by atoms with Gasteiger partial charge in [0, 0.05) is 59.1 Å². The van der Waals surface area contributed by atoms with E-state index in [-0.39, 0.29) is 42.6 Å². The van der Waals surface area contributed by atoms with E-state index in [2.05, 4.69) is 52.3 Å². The Kier molecular flexibility index (Phi) is 10.7. The van der Waals surface area contributed by atoms with E-state index in [1.165, 1.54) is 10.5 Å². The Morgan fingerprint density at radius 2 is 1.95 bits per heavy atom. The van der Waals surface area contributed by atoms with Gasteiger partial charge in [0.15, 0.2) is 0 Å². The minimum absolute atomic E-state index is 0.0131. The van der Waals surface area contributed by atoms with Crippen molar-refractivity contribution in [2.45, 2.75) is 70.7 Å². The number of amides is 3. The maximum absolute atomic E-state index is 13.9. The zero-order valence-electron chi connectivity index (χ0n) is 23.9. The summed E-state index contributed by atoms with van der Waals surface area (Å²) in [6.45, 7) is 7.67. The van der Waals surface area contributed by atoms with Gasteiger partial charge in [0.1, 0.15) is 6.23 Å². The van der Waals surface area contributed by atoms with Gasteiger partial charge in [0.05, 0.1) is 11.1 Å². The Bertz CT molecular complexity index is 1240. The molecule has 2 aliphatic rings. The molecule has 0 bridgehead atoms. The van der Waals surface area contributed by atoms with Crippen LogP contribution in [0, 0.1) is 8.99 Å². The molecule has 0 spiro atoms. The van der Waals surface area contributed by atoms with Gasteiger partial charge in [-0.15, -0.1) is 0 Å². The predicted octanol–water partition coefficient (Wildman–Crippen LogP) is 4.39. The van der Waals surface area contributed by atoms with E-state index in [4.69, 9.17) is 11.6 Å². The summed E-state index contributed by atoms with van der Waals surface area (Å²) in [7, 11) is 0. The van der Waals surface area contributed by atoms with Gasteiger partial charge in [-0.1, -0.05) is 62.7 Å². The summed E-state index contributed by atoms with van der Waals surface area (Å²) < 4.78 is 0.802. The zero-order chi connectivity index (χ0) is 29.7. The average Bonchev–Trinajstić information content (AvgIpc) is 3.05. The molecule has 3 amide bonds. The standard InChI is InChI=1S/C31H40ClIN4O4/c1-4-20(21-8-6-5-7-9-21)19-36-14-12-23(18-34-28(39)22-10-11-24(32)25(33)16-22)35-26(29(36)40)13-15-37-27(38)17-31(2,3)30(37)41/h5-11,16,20,23,26,30,35,41H,4,12-15,17-19H2,1-3H3,(H,34,39)/t20-,23+,26+,30?/m1/s1. The molecule has 3 N–H and O–H groups in total. The van der Waals surface area contributed by atoms with Crippen LogP contribution in [0.3, 0.4) is 0 Å². The molecule has 1 unspecified atom stereocenters. The highest BCUT2D eigenvalue weighted by Crippen LogP contribution is 2.35. The second kappa shape index (κ2) is 13.8. The molecule has 2 heterocycles. The summed E-state index contributed by atoms with van der Waals surface area (Å²) >= 11 is 8.22. The van der Waals surface area contributed by atoms with Crippen LogP contribution in [-0.4, -0.2) is 77.1 Å². The Balaban J connectivity index is 1.48. The molecule has 2 aliphatic heterocycles. The first-order chi connectivity index (χ1) is 19.5. The van der Waals surface area contributed by atoms with E-state index in [0.29, 0.717) is 43.1 Å². The van der Waals surface area contributed by atoms with Crippen LogP contribution in [0.15, 0.2) is 48.5 Å². The molecule has 10 heteroatoms. The van der Waals surface area contributed by atoms with Crippen molar-refractivity contribution in [3.63, 3.8) is 0 Å². The number of hydrogen-bond acceptors (Lipinski definition) is 5. The second-order valence-corrected chi connectivity index (χ2v) is 13.3. The highest BCUT2D eigenvalue weighted by Gasteiger charge is 2.45. The third kappa shape index (κ3) is 7.80. The lowest BCUT2D eigenvalue weighted by Crippen LogP contribution is -2.51. The van der Waals surface area contributed by atoms with Crippen molar-refractivity contribution in [1.29, 1.82) is 0 Å². The normalized spacial score (nSPS) is 23.4. The van der Waals surface area contributed by atoms with Crippen molar-refractivity contribution < 1.29 is 19.5 Å². The van der Waals surface area contributed by atoms with Crippen LogP contribution < -0.4 is 10.6 Å². The van der Waals surface area contributed by atoms with Gasteiger partial charge in [-0.25, -0.2) is 0 Å². The van der Waals surface area contributed by atoms with Crippen LogP contribution in [0.1, 0.15) is 68.3 Å². The lowest BCUT2D eigenvalue weighted by Gasteiger charge is -2.31. The highest BCUT2D eigenvalue weighted by atomic mass is 127. The number of aliphatic hydroxyl groups excluding tert-OH is 1. The van der Waals surface area contributed by atoms with E-state index in [1.807, 2.05) is 36.9 Å². The highest BCUT2D eigenvalue weighted by molar-refractivity contribution is 14.1. The zero-order valence-corrected chi connectivity index (χ0v) is 26.8. The van der Waals surface area contributed by atoms with Crippen molar-refractivity contribution in [2.24, 2.45) is 5.41 Å². The van der Waals surface area contributed by atoms with Gasteiger partial charge in [0.2, 0.25) is 11.8 Å². The van der Waals surface area contributed by atoms with Gasteiger partial charge in [-0.3, -0.25) is 14.4 Å². The minimum atomic E-state index is -0.883. The Morgan fingerprint density at radius 3 is 2.59 bits per heavy atom. The van der Waals surface area contributed by atoms with Crippen molar-refractivity contribution in [2.75, 3.05) is 26.2 Å². The van der Waals surface area contributed by atoms with Crippen molar-refractivity contribution in [3.05, 3.63) is 68.3 Å². The van der Waals surface area contributed by atoms with E-state index in [1.54, 1.807) is 18.2 Å². The van der Waals surface area contributed by atoms with Crippen LogP contribution >= 0.6 is 34.2 Å². The van der Waals surface area contributed by atoms with Crippen LogP contribution in [0.4, 0.5) is 0 Å². The van der Waals surface area contributed by atoms with Crippen LogP contribution in [-0.2, 0) is 9.59 Å². The number of likely N-dealkylation sites (tertiary alicyclic amines) is 1. The second-order valence-electron chi connectivity index (χ2n) is 11.8. The van der Waals surface area contributed by atoms with Gasteiger partial charge >= 0.3 is 0 Å². The number of carbonyl (C=O) groups excluding carboxylic acids is 3. The number of rotatable bonds is 10. The predicted molar refractivity (Wildman–Crippen MR) is 169 cm³/mol. The molecular weight excluding hydrogens is 655 g/mol. The Labute approximate surface area is 261 Å². The summed E-state index contributed by atoms with van der Waals surface area (Å²) in [6.07, 6.45) is 1.33. The monoisotopic (exact) mass is 694 g/mol. The van der Waals surface area contributed by atoms with Crippen molar-refractivity contribution >= 4 is 51.9 Å². The first-order valence-electron chi connectivity index (χ1n) is 14.3. The lowest BCUT2D eigenvalue weighted by atomic mass is 9.91. The molecule has 4 rings (SSSR count). The number of hydrogen-bond donors (Lipinski definition) is 3. The molecule has 2 aromatic rings. The molecule has 4 atom stereocenters. The average molecular weight is 695 g/mol. The van der Waals surface area contributed by atoms with Gasteiger partial charge in [0.25, 0.3) is 5.91 Å². The maximum Gasteiger partial charge on any atom is 0.251 e. The van der Waals surface area contributed by atoms with E-state index in [0.717, 1.165) is 9.99 Å². The van der Waals surface area contributed by atoms with Crippen molar-refractivity contribution in [1.82, 2.24) is 20.4 Å². The quantitative estimate of drug-likeness (QED) is 0.321. The first kappa shape index (κ1) is 31.7. The Hall–Kier alpha value is -2.21. The maximum atomic E-state index is 13.9. The van der Waals surface area contributed by atoms with Crippen LogP contribution in [0.5, 0.6) is 0 Å². The molecule has 0 radical (unpaired) electrons. The fourth-order valence-corrected chi connectivity index (χ4v) is 6.34. The first-order valence-corrected chi connectivity index (χ1v) is 15.8. The van der Waals surface area contributed by atoms with E-state index >= 15 is 0 Å².